The molecule has 13 nitrogen and oxygen atoms in total. The number of methoxy groups -OCH3 is 2. The van der Waals surface area contributed by atoms with Crippen LogP contribution in [0.25, 0.3) is 20.2 Å². The molecule has 0 aliphatic carbocycles. The fourth-order valence-electron chi connectivity index (χ4n) is 4.06. The highest BCUT2D eigenvalue weighted by Gasteiger charge is 2.33. The second kappa shape index (κ2) is 18.1. The summed E-state index contributed by atoms with van der Waals surface area (Å²) in [6.07, 6.45) is -2.99. The maximum absolute atomic E-state index is 13.9. The molecule has 3 rings (SSSR count). The van der Waals surface area contributed by atoms with Crippen LogP contribution >= 0.6 is 11.3 Å². The highest BCUT2D eigenvalue weighted by Crippen LogP contribution is 2.31. The van der Waals surface area contributed by atoms with Gasteiger partial charge in [0, 0.05) is 29.7 Å². The molecule has 0 fully saturated rings. The lowest BCUT2D eigenvalue weighted by Crippen LogP contribution is -2.36. The summed E-state index contributed by atoms with van der Waals surface area (Å²) >= 11 is 1.07. The number of benzene rings is 2. The quantitative estimate of drug-likeness (QED) is 0.0858. The van der Waals surface area contributed by atoms with Gasteiger partial charge in [0.1, 0.15) is 0 Å². The predicted octanol–water partition coefficient (Wildman–Crippen LogP) is 2.92. The van der Waals surface area contributed by atoms with Crippen molar-refractivity contribution in [3.63, 3.8) is 0 Å². The Bertz CT molecular complexity index is 1530. The smallest absolute Gasteiger partial charge is 0.349 e. The van der Waals surface area contributed by atoms with Crippen LogP contribution in [-0.4, -0.2) is 103 Å². The molecule has 14 heteroatoms. The van der Waals surface area contributed by atoms with Gasteiger partial charge in [0.15, 0.2) is 5.43 Å². The zero-order valence-electron chi connectivity index (χ0n) is 25.5. The lowest BCUT2D eigenvalue weighted by molar-refractivity contribution is -0.157. The van der Waals surface area contributed by atoms with Crippen molar-refractivity contribution in [3.05, 3.63) is 57.7 Å². The first-order chi connectivity index (χ1) is 21.8. The second-order valence-electron chi connectivity index (χ2n) is 9.22. The van der Waals surface area contributed by atoms with E-state index in [4.69, 9.17) is 37.9 Å². The number of carbonyl (C=O) groups excluding carboxylic acids is 4. The third kappa shape index (κ3) is 9.52. The van der Waals surface area contributed by atoms with Crippen LogP contribution in [0.3, 0.4) is 0 Å². The van der Waals surface area contributed by atoms with Crippen molar-refractivity contribution in [1.29, 1.82) is 0 Å². The minimum Gasteiger partial charge on any atom is -0.463 e. The van der Waals surface area contributed by atoms with E-state index in [1.165, 1.54) is 26.4 Å². The molecule has 0 bridgehead atoms. The van der Waals surface area contributed by atoms with E-state index in [2.05, 4.69) is 0 Å². The van der Waals surface area contributed by atoms with Crippen LogP contribution in [0.1, 0.15) is 34.6 Å². The molecule has 0 saturated heterocycles. The molecule has 0 aliphatic rings. The molecule has 244 valence electrons. The molecule has 1 heterocycles. The van der Waals surface area contributed by atoms with Crippen molar-refractivity contribution < 1.29 is 57.1 Å². The fourth-order valence-corrected chi connectivity index (χ4v) is 5.26. The van der Waals surface area contributed by atoms with Gasteiger partial charge in [0.05, 0.1) is 68.7 Å². The highest BCUT2D eigenvalue weighted by molar-refractivity contribution is 7.25. The zero-order chi connectivity index (χ0) is 32.8. The number of hydrogen-bond donors (Lipinski definition) is 0. The lowest BCUT2D eigenvalue weighted by Gasteiger charge is -2.20. The van der Waals surface area contributed by atoms with Crippen LogP contribution in [0.4, 0.5) is 0 Å². The molecule has 3 aromatic rings. The maximum atomic E-state index is 13.9. The summed E-state index contributed by atoms with van der Waals surface area (Å²) in [7, 11) is 2.95. The van der Waals surface area contributed by atoms with E-state index in [0.29, 0.717) is 10.1 Å². The van der Waals surface area contributed by atoms with Crippen molar-refractivity contribution in [2.75, 3.05) is 67.1 Å². The van der Waals surface area contributed by atoms with Crippen molar-refractivity contribution in [1.82, 2.24) is 0 Å². The Morgan fingerprint density at radius 1 is 0.711 bits per heavy atom. The third-order valence-electron chi connectivity index (χ3n) is 6.17. The fraction of sp³-hybridized carbons (Fsp3) is 0.452. The normalized spacial score (nSPS) is 12.4. The highest BCUT2D eigenvalue weighted by atomic mass is 32.1. The van der Waals surface area contributed by atoms with Gasteiger partial charge in [0.2, 0.25) is 12.2 Å². The first kappa shape index (κ1) is 35.5. The third-order valence-corrected chi connectivity index (χ3v) is 7.37. The Labute approximate surface area is 263 Å². The van der Waals surface area contributed by atoms with Gasteiger partial charge in [-0.3, -0.25) is 4.79 Å². The van der Waals surface area contributed by atoms with Crippen LogP contribution in [-0.2, 0) is 47.5 Å². The van der Waals surface area contributed by atoms with Gasteiger partial charge in [-0.15, -0.1) is 11.3 Å². The summed E-state index contributed by atoms with van der Waals surface area (Å²) in [5.74, 6) is -3.94. The number of ether oxygens (including phenoxy) is 8. The Morgan fingerprint density at radius 2 is 1.27 bits per heavy atom. The minimum atomic E-state index is -1.51. The lowest BCUT2D eigenvalue weighted by atomic mass is 10.0. The Balaban J connectivity index is 2.09. The van der Waals surface area contributed by atoms with E-state index in [9.17, 15) is 24.0 Å². The van der Waals surface area contributed by atoms with E-state index in [0.717, 1.165) is 11.3 Å². The molecule has 45 heavy (non-hydrogen) atoms. The van der Waals surface area contributed by atoms with Crippen molar-refractivity contribution in [2.24, 2.45) is 0 Å². The van der Waals surface area contributed by atoms with Crippen molar-refractivity contribution in [2.45, 2.75) is 26.1 Å². The Morgan fingerprint density at radius 3 is 1.82 bits per heavy atom. The maximum Gasteiger partial charge on any atom is 0.349 e. The Kier molecular flexibility index (Phi) is 14.3. The molecule has 0 amide bonds. The molecule has 0 radical (unpaired) electrons. The predicted molar refractivity (Wildman–Crippen MR) is 163 cm³/mol. The number of esters is 4. The topological polar surface area (TPSA) is 159 Å². The molecule has 0 N–H and O–H groups in total. The summed E-state index contributed by atoms with van der Waals surface area (Å²) in [5.41, 5.74) is -1.03. The molecule has 2 unspecified atom stereocenters. The molecule has 0 aliphatic heterocycles. The average molecular weight is 649 g/mol. The van der Waals surface area contributed by atoms with Crippen LogP contribution in [0.5, 0.6) is 0 Å². The largest absolute Gasteiger partial charge is 0.463 e. The molecule has 2 atom stereocenters. The van der Waals surface area contributed by atoms with Gasteiger partial charge < -0.3 is 37.9 Å². The Hall–Kier alpha value is -3.95. The standard InChI is InChI=1S/C31H36O13S/c1-5-41-29(34)22(17-39-15-13-37-3)43-28(33)20-11-12-21-26(32)19-9-7-8-10-24(19)45-27(21)25(20)31(36)44-23(30(35)42-6-2)18-40-16-14-38-4/h7-12,22-23H,5-6,13-18H2,1-4H3. The van der Waals surface area contributed by atoms with Crippen LogP contribution < -0.4 is 5.43 Å². The van der Waals surface area contributed by atoms with Crippen molar-refractivity contribution in [3.8, 4) is 0 Å². The van der Waals surface area contributed by atoms with E-state index in [-0.39, 0.29) is 79.5 Å². The van der Waals surface area contributed by atoms with E-state index < -0.39 is 36.1 Å². The van der Waals surface area contributed by atoms with Crippen LogP contribution in [0.2, 0.25) is 0 Å². The number of hydrogen-bond acceptors (Lipinski definition) is 14. The average Bonchev–Trinajstić information content (AvgIpc) is 3.03. The van der Waals surface area contributed by atoms with Gasteiger partial charge in [-0.25, -0.2) is 19.2 Å². The van der Waals surface area contributed by atoms with E-state index in [1.54, 1.807) is 38.1 Å². The molecule has 0 spiro atoms. The van der Waals surface area contributed by atoms with E-state index in [1.807, 2.05) is 0 Å². The molecule has 2 aromatic carbocycles. The zero-order valence-corrected chi connectivity index (χ0v) is 26.3. The van der Waals surface area contributed by atoms with Crippen LogP contribution in [0, 0.1) is 0 Å². The van der Waals surface area contributed by atoms with Gasteiger partial charge >= 0.3 is 23.9 Å². The van der Waals surface area contributed by atoms with Crippen LogP contribution in [0.15, 0.2) is 41.2 Å². The monoisotopic (exact) mass is 648 g/mol. The molecular weight excluding hydrogens is 612 g/mol. The van der Waals surface area contributed by atoms with Gasteiger partial charge in [-0.1, -0.05) is 12.1 Å². The molecular formula is C31H36O13S. The summed E-state index contributed by atoms with van der Waals surface area (Å²) < 4.78 is 42.5. The van der Waals surface area contributed by atoms with Gasteiger partial charge in [-0.2, -0.15) is 0 Å². The number of fused-ring (bicyclic) bond motifs is 2. The SMILES string of the molecule is CCOC(=O)C(COCCOC)OC(=O)c1ccc2c(=O)c3ccccc3sc2c1C(=O)OC(COCCOC)C(=O)OCC. The number of rotatable bonds is 18. The number of carbonyl (C=O) groups is 4. The van der Waals surface area contributed by atoms with E-state index >= 15 is 0 Å². The summed E-state index contributed by atoms with van der Waals surface area (Å²) in [6.45, 7) is 3.16. The minimum absolute atomic E-state index is 0.00606. The summed E-state index contributed by atoms with van der Waals surface area (Å²) in [4.78, 5) is 66.2. The second-order valence-corrected chi connectivity index (χ2v) is 10.3. The molecule has 0 saturated carbocycles. The van der Waals surface area contributed by atoms with Gasteiger partial charge in [0.25, 0.3) is 0 Å². The molecule has 1 aromatic heterocycles. The van der Waals surface area contributed by atoms with Gasteiger partial charge in [-0.05, 0) is 38.1 Å². The first-order valence-electron chi connectivity index (χ1n) is 14.1. The van der Waals surface area contributed by atoms with Crippen molar-refractivity contribution >= 4 is 55.4 Å². The first-order valence-corrected chi connectivity index (χ1v) is 15.0. The summed E-state index contributed by atoms with van der Waals surface area (Å²) in [5, 5.41) is 0.548. The summed E-state index contributed by atoms with van der Waals surface area (Å²) in [6, 6.07) is 9.39.